The molecule has 0 atom stereocenters. The van der Waals surface area contributed by atoms with Gasteiger partial charge in [-0.3, -0.25) is 0 Å². The predicted molar refractivity (Wildman–Crippen MR) is 49.3 cm³/mol. The Labute approximate surface area is 83.0 Å². The fourth-order valence-corrected chi connectivity index (χ4v) is 1.77. The molecule has 0 aromatic carbocycles. The van der Waals surface area contributed by atoms with Crippen LogP contribution in [-0.2, 0) is 0 Å². The minimum Gasteiger partial charge on any atom is -0.476 e. The van der Waals surface area contributed by atoms with Crippen molar-refractivity contribution in [3.8, 4) is 10.6 Å². The maximum absolute atomic E-state index is 10.5. The topological polar surface area (TPSA) is 76.2 Å². The van der Waals surface area contributed by atoms with Crippen LogP contribution in [0, 0.1) is 6.92 Å². The van der Waals surface area contributed by atoms with Crippen molar-refractivity contribution >= 4 is 17.3 Å². The highest BCUT2D eigenvalue weighted by Crippen LogP contribution is 2.27. The van der Waals surface area contributed by atoms with Gasteiger partial charge in [0, 0.05) is 6.07 Å². The van der Waals surface area contributed by atoms with Crippen LogP contribution < -0.4 is 0 Å². The van der Waals surface area contributed by atoms with Crippen LogP contribution in [0.15, 0.2) is 16.1 Å². The van der Waals surface area contributed by atoms with E-state index in [9.17, 15) is 4.79 Å². The number of hydrogen-bond acceptors (Lipinski definition) is 5. The molecule has 0 fully saturated rings. The van der Waals surface area contributed by atoms with E-state index in [0.29, 0.717) is 5.76 Å². The van der Waals surface area contributed by atoms with E-state index in [2.05, 4.69) is 10.1 Å². The summed E-state index contributed by atoms with van der Waals surface area (Å²) in [5, 5.41) is 12.0. The van der Waals surface area contributed by atoms with Gasteiger partial charge in [-0.25, -0.2) is 9.78 Å². The zero-order valence-corrected chi connectivity index (χ0v) is 8.04. The molecule has 0 spiro atoms. The standard InChI is InChI=1S/C8H6N2O3S/c1-4-7(14-3-9-4)6-2-5(8(11)12)10-13-6/h2-3H,1H3,(H,11,12). The molecule has 0 aliphatic rings. The molecule has 2 aromatic rings. The Morgan fingerprint density at radius 3 is 2.93 bits per heavy atom. The van der Waals surface area contributed by atoms with Crippen molar-refractivity contribution in [1.82, 2.24) is 10.1 Å². The van der Waals surface area contributed by atoms with Crippen LogP contribution in [0.25, 0.3) is 10.6 Å². The molecule has 0 aliphatic heterocycles. The van der Waals surface area contributed by atoms with Gasteiger partial charge in [-0.1, -0.05) is 5.16 Å². The Morgan fingerprint density at radius 2 is 2.43 bits per heavy atom. The fourth-order valence-electron chi connectivity index (χ4n) is 1.02. The molecule has 6 heteroatoms. The normalized spacial score (nSPS) is 10.4. The molecule has 14 heavy (non-hydrogen) atoms. The summed E-state index contributed by atoms with van der Waals surface area (Å²) >= 11 is 1.39. The number of carboxylic acids is 1. The number of carbonyl (C=O) groups is 1. The summed E-state index contributed by atoms with van der Waals surface area (Å²) in [4.78, 5) is 15.4. The number of thiazole rings is 1. The highest BCUT2D eigenvalue weighted by atomic mass is 32.1. The molecule has 1 N–H and O–H groups in total. The van der Waals surface area contributed by atoms with Gasteiger partial charge in [0.2, 0.25) is 0 Å². The molecule has 0 aliphatic carbocycles. The number of aromatic nitrogens is 2. The van der Waals surface area contributed by atoms with E-state index in [1.807, 2.05) is 6.92 Å². The van der Waals surface area contributed by atoms with Crippen molar-refractivity contribution in [2.75, 3.05) is 0 Å². The average Bonchev–Trinajstić information content (AvgIpc) is 2.71. The smallest absolute Gasteiger partial charge is 0.358 e. The van der Waals surface area contributed by atoms with Gasteiger partial charge in [0.05, 0.1) is 16.1 Å². The van der Waals surface area contributed by atoms with Crippen LogP contribution in [0.1, 0.15) is 16.2 Å². The summed E-state index contributed by atoms with van der Waals surface area (Å²) in [5.74, 6) is -0.649. The van der Waals surface area contributed by atoms with E-state index in [-0.39, 0.29) is 5.69 Å². The monoisotopic (exact) mass is 210 g/mol. The maximum Gasteiger partial charge on any atom is 0.358 e. The Bertz CT molecular complexity index is 474. The Balaban J connectivity index is 2.43. The van der Waals surface area contributed by atoms with E-state index in [1.54, 1.807) is 5.51 Å². The molecule has 2 rings (SSSR count). The summed E-state index contributed by atoms with van der Waals surface area (Å²) in [5.41, 5.74) is 2.39. The summed E-state index contributed by atoms with van der Waals surface area (Å²) in [6.07, 6.45) is 0. The highest BCUT2D eigenvalue weighted by molar-refractivity contribution is 7.13. The summed E-state index contributed by atoms with van der Waals surface area (Å²) in [6.45, 7) is 1.83. The third-order valence-electron chi connectivity index (χ3n) is 1.70. The largest absolute Gasteiger partial charge is 0.476 e. The van der Waals surface area contributed by atoms with E-state index in [0.717, 1.165) is 10.6 Å². The molecule has 0 saturated heterocycles. The zero-order valence-electron chi connectivity index (χ0n) is 7.22. The molecular weight excluding hydrogens is 204 g/mol. The first-order valence-electron chi connectivity index (χ1n) is 3.79. The van der Waals surface area contributed by atoms with E-state index < -0.39 is 5.97 Å². The van der Waals surface area contributed by atoms with Crippen molar-refractivity contribution in [3.05, 3.63) is 23.0 Å². The van der Waals surface area contributed by atoms with Crippen molar-refractivity contribution in [1.29, 1.82) is 0 Å². The van der Waals surface area contributed by atoms with Crippen LogP contribution >= 0.6 is 11.3 Å². The minimum absolute atomic E-state index is 0.0900. The zero-order chi connectivity index (χ0) is 10.1. The van der Waals surface area contributed by atoms with Gasteiger partial charge in [0.15, 0.2) is 11.5 Å². The number of nitrogens with zero attached hydrogens (tertiary/aromatic N) is 2. The molecule has 2 heterocycles. The molecule has 0 unspecified atom stereocenters. The fraction of sp³-hybridized carbons (Fsp3) is 0.125. The van der Waals surface area contributed by atoms with Gasteiger partial charge in [-0.15, -0.1) is 11.3 Å². The lowest BCUT2D eigenvalue weighted by atomic mass is 10.3. The van der Waals surface area contributed by atoms with Crippen LogP contribution in [0.2, 0.25) is 0 Å². The molecule has 72 valence electrons. The maximum atomic E-state index is 10.5. The third kappa shape index (κ3) is 1.39. The predicted octanol–water partition coefficient (Wildman–Crippen LogP) is 1.80. The molecule has 0 bridgehead atoms. The lowest BCUT2D eigenvalue weighted by molar-refractivity contribution is 0.0686. The Hall–Kier alpha value is -1.69. The van der Waals surface area contributed by atoms with E-state index in [4.69, 9.17) is 9.63 Å². The first kappa shape index (κ1) is 8.89. The lowest BCUT2D eigenvalue weighted by Gasteiger charge is -1.87. The number of carboxylic acid groups (broad SMARTS) is 1. The second kappa shape index (κ2) is 3.22. The molecule has 2 aromatic heterocycles. The van der Waals surface area contributed by atoms with Crippen LogP contribution in [0.4, 0.5) is 0 Å². The van der Waals surface area contributed by atoms with Crippen molar-refractivity contribution < 1.29 is 14.4 Å². The van der Waals surface area contributed by atoms with Gasteiger partial charge in [0.25, 0.3) is 0 Å². The Kier molecular flexibility index (Phi) is 2.05. The number of aryl methyl sites for hydroxylation is 1. The van der Waals surface area contributed by atoms with Crippen molar-refractivity contribution in [2.45, 2.75) is 6.92 Å². The lowest BCUT2D eigenvalue weighted by Crippen LogP contribution is -1.94. The van der Waals surface area contributed by atoms with Crippen LogP contribution in [0.3, 0.4) is 0 Å². The molecular formula is C8H6N2O3S. The average molecular weight is 210 g/mol. The quantitative estimate of drug-likeness (QED) is 0.817. The van der Waals surface area contributed by atoms with Crippen LogP contribution in [0.5, 0.6) is 0 Å². The second-order valence-electron chi connectivity index (χ2n) is 2.65. The van der Waals surface area contributed by atoms with Gasteiger partial charge >= 0.3 is 5.97 Å². The summed E-state index contributed by atoms with van der Waals surface area (Å²) in [7, 11) is 0. The summed E-state index contributed by atoms with van der Waals surface area (Å²) in [6, 6.07) is 1.39. The minimum atomic E-state index is -1.10. The van der Waals surface area contributed by atoms with E-state index >= 15 is 0 Å². The van der Waals surface area contributed by atoms with Crippen molar-refractivity contribution in [2.24, 2.45) is 0 Å². The second-order valence-corrected chi connectivity index (χ2v) is 3.50. The molecule has 0 amide bonds. The van der Waals surface area contributed by atoms with Gasteiger partial charge in [-0.2, -0.15) is 0 Å². The number of aromatic carboxylic acids is 1. The number of hydrogen-bond donors (Lipinski definition) is 1. The highest BCUT2D eigenvalue weighted by Gasteiger charge is 2.14. The molecule has 0 radical (unpaired) electrons. The summed E-state index contributed by atoms with van der Waals surface area (Å²) < 4.78 is 4.89. The SMILES string of the molecule is Cc1ncsc1-c1cc(C(=O)O)no1. The van der Waals surface area contributed by atoms with Gasteiger partial charge in [0.1, 0.15) is 0 Å². The third-order valence-corrected chi connectivity index (χ3v) is 2.64. The first-order valence-corrected chi connectivity index (χ1v) is 4.67. The van der Waals surface area contributed by atoms with E-state index in [1.165, 1.54) is 17.4 Å². The first-order chi connectivity index (χ1) is 6.68. The van der Waals surface area contributed by atoms with Gasteiger partial charge < -0.3 is 9.63 Å². The molecule has 0 saturated carbocycles. The van der Waals surface area contributed by atoms with Crippen LogP contribution in [-0.4, -0.2) is 21.2 Å². The Morgan fingerprint density at radius 1 is 1.64 bits per heavy atom. The van der Waals surface area contributed by atoms with Crippen molar-refractivity contribution in [3.63, 3.8) is 0 Å². The molecule has 5 nitrogen and oxygen atoms in total. The van der Waals surface area contributed by atoms with Gasteiger partial charge in [-0.05, 0) is 6.92 Å². The number of rotatable bonds is 2.